The molecule has 0 aliphatic heterocycles. The number of rotatable bonds is 5. The summed E-state index contributed by atoms with van der Waals surface area (Å²) >= 11 is 0. The minimum absolute atomic E-state index is 0.175. The molecule has 0 bridgehead atoms. The second-order valence-electron chi connectivity index (χ2n) is 4.17. The maximum atomic E-state index is 12.0. The van der Waals surface area contributed by atoms with Crippen molar-refractivity contribution in [3.8, 4) is 12.3 Å². The van der Waals surface area contributed by atoms with E-state index in [1.807, 2.05) is 0 Å². The minimum Gasteiger partial charge on any atom is -0.464 e. The summed E-state index contributed by atoms with van der Waals surface area (Å²) in [4.78, 5) is 23.6. The molecule has 1 aromatic rings. The van der Waals surface area contributed by atoms with Crippen LogP contribution in [0.4, 0.5) is 0 Å². The van der Waals surface area contributed by atoms with Gasteiger partial charge in [0.15, 0.2) is 6.04 Å². The van der Waals surface area contributed by atoms with Crippen LogP contribution in [0.5, 0.6) is 0 Å². The lowest BCUT2D eigenvalue weighted by atomic mass is 10.1. The van der Waals surface area contributed by atoms with Gasteiger partial charge < -0.3 is 15.2 Å². The zero-order valence-electron chi connectivity index (χ0n) is 11.4. The third-order valence-electron chi connectivity index (χ3n) is 2.62. The Hall–Kier alpha value is -2.32. The zero-order valence-corrected chi connectivity index (χ0v) is 11.4. The van der Waals surface area contributed by atoms with Crippen LogP contribution in [0, 0.1) is 12.3 Å². The predicted octanol–water partition coefficient (Wildman–Crippen LogP) is 0.710. The van der Waals surface area contributed by atoms with Crippen molar-refractivity contribution in [3.63, 3.8) is 0 Å². The molecular weight excluding hydrogens is 258 g/mol. The standard InChI is InChI=1S/C15H17NO4/c1-4-11-6-8-12(9-7-11)14(18)16-13(10(3)17)15(19)20-5-2/h1,6-10,13,17H,5H2,2-3H3,(H,16,18)/t10-,13+/m1/s1. The molecule has 1 aromatic carbocycles. The van der Waals surface area contributed by atoms with E-state index in [4.69, 9.17) is 11.2 Å². The first-order valence-corrected chi connectivity index (χ1v) is 6.21. The van der Waals surface area contributed by atoms with E-state index in [0.717, 1.165) is 0 Å². The molecule has 0 unspecified atom stereocenters. The maximum absolute atomic E-state index is 12.0. The second-order valence-corrected chi connectivity index (χ2v) is 4.17. The second kappa shape index (κ2) is 7.31. The van der Waals surface area contributed by atoms with Crippen LogP contribution in [0.25, 0.3) is 0 Å². The number of carbonyl (C=O) groups is 2. The van der Waals surface area contributed by atoms with E-state index >= 15 is 0 Å². The van der Waals surface area contributed by atoms with Crippen LogP contribution >= 0.6 is 0 Å². The molecule has 20 heavy (non-hydrogen) atoms. The molecule has 0 aliphatic carbocycles. The van der Waals surface area contributed by atoms with Gasteiger partial charge in [-0.2, -0.15) is 0 Å². The van der Waals surface area contributed by atoms with Crippen molar-refractivity contribution in [2.24, 2.45) is 0 Å². The number of aliphatic hydroxyl groups excluding tert-OH is 1. The molecule has 0 heterocycles. The van der Waals surface area contributed by atoms with Crippen LogP contribution < -0.4 is 5.32 Å². The first-order chi connectivity index (χ1) is 9.49. The predicted molar refractivity (Wildman–Crippen MR) is 73.9 cm³/mol. The van der Waals surface area contributed by atoms with E-state index in [2.05, 4.69) is 11.2 Å². The summed E-state index contributed by atoms with van der Waals surface area (Å²) in [5, 5.41) is 12.0. The van der Waals surface area contributed by atoms with Gasteiger partial charge in [0.1, 0.15) is 0 Å². The van der Waals surface area contributed by atoms with Crippen molar-refractivity contribution in [3.05, 3.63) is 35.4 Å². The highest BCUT2D eigenvalue weighted by molar-refractivity contribution is 5.97. The summed E-state index contributed by atoms with van der Waals surface area (Å²) in [6.07, 6.45) is 4.17. The Morgan fingerprint density at radius 1 is 1.40 bits per heavy atom. The van der Waals surface area contributed by atoms with E-state index in [0.29, 0.717) is 11.1 Å². The molecular formula is C15H17NO4. The third kappa shape index (κ3) is 4.11. The smallest absolute Gasteiger partial charge is 0.331 e. The van der Waals surface area contributed by atoms with Crippen molar-refractivity contribution >= 4 is 11.9 Å². The van der Waals surface area contributed by atoms with Gasteiger partial charge in [0, 0.05) is 11.1 Å². The molecule has 5 heteroatoms. The van der Waals surface area contributed by atoms with Crippen LogP contribution in [0.3, 0.4) is 0 Å². The Morgan fingerprint density at radius 3 is 2.45 bits per heavy atom. The van der Waals surface area contributed by atoms with E-state index in [1.165, 1.54) is 6.92 Å². The summed E-state index contributed by atoms with van der Waals surface area (Å²) in [6.45, 7) is 3.23. The SMILES string of the molecule is C#Cc1ccc(C(=O)N[C@H](C(=O)OCC)[C@@H](C)O)cc1. The van der Waals surface area contributed by atoms with E-state index in [9.17, 15) is 14.7 Å². The highest BCUT2D eigenvalue weighted by atomic mass is 16.5. The molecule has 0 saturated heterocycles. The number of amides is 1. The fourth-order valence-electron chi connectivity index (χ4n) is 1.55. The van der Waals surface area contributed by atoms with Crippen molar-refractivity contribution in [1.29, 1.82) is 0 Å². The molecule has 5 nitrogen and oxygen atoms in total. The molecule has 1 amide bonds. The fraction of sp³-hybridized carbons (Fsp3) is 0.333. The Morgan fingerprint density at radius 2 is 2.00 bits per heavy atom. The highest BCUT2D eigenvalue weighted by Gasteiger charge is 2.27. The maximum Gasteiger partial charge on any atom is 0.331 e. The summed E-state index contributed by atoms with van der Waals surface area (Å²) in [6, 6.07) is 5.24. The molecule has 0 spiro atoms. The average Bonchev–Trinajstić information content (AvgIpc) is 2.44. The number of terminal acetylenes is 1. The number of ether oxygens (including phenoxy) is 1. The number of aliphatic hydroxyl groups is 1. The summed E-state index contributed by atoms with van der Waals surface area (Å²) < 4.78 is 4.80. The Labute approximate surface area is 117 Å². The number of nitrogens with one attached hydrogen (secondary N) is 1. The number of hydrogen-bond donors (Lipinski definition) is 2. The summed E-state index contributed by atoms with van der Waals surface area (Å²) in [7, 11) is 0. The van der Waals surface area contributed by atoms with Crippen LogP contribution in [-0.2, 0) is 9.53 Å². The van der Waals surface area contributed by atoms with Crippen LogP contribution in [0.15, 0.2) is 24.3 Å². The highest BCUT2D eigenvalue weighted by Crippen LogP contribution is 2.05. The molecule has 0 saturated carbocycles. The van der Waals surface area contributed by atoms with Gasteiger partial charge >= 0.3 is 5.97 Å². The quantitative estimate of drug-likeness (QED) is 0.613. The monoisotopic (exact) mass is 275 g/mol. The van der Waals surface area contributed by atoms with Gasteiger partial charge in [-0.15, -0.1) is 6.42 Å². The minimum atomic E-state index is -1.10. The first-order valence-electron chi connectivity index (χ1n) is 6.21. The van der Waals surface area contributed by atoms with Crippen LogP contribution in [0.1, 0.15) is 29.8 Å². The number of esters is 1. The number of hydrogen-bond acceptors (Lipinski definition) is 4. The fourth-order valence-corrected chi connectivity index (χ4v) is 1.55. The Bertz CT molecular complexity index is 514. The van der Waals surface area contributed by atoms with Crippen LogP contribution in [-0.4, -0.2) is 35.7 Å². The van der Waals surface area contributed by atoms with E-state index in [1.54, 1.807) is 31.2 Å². The lowest BCUT2D eigenvalue weighted by Gasteiger charge is -2.19. The largest absolute Gasteiger partial charge is 0.464 e. The van der Waals surface area contributed by atoms with E-state index in [-0.39, 0.29) is 6.61 Å². The lowest BCUT2D eigenvalue weighted by Crippen LogP contribution is -2.48. The molecule has 0 fully saturated rings. The van der Waals surface area contributed by atoms with Gasteiger partial charge in [-0.05, 0) is 38.1 Å². The summed E-state index contributed by atoms with van der Waals surface area (Å²) in [5.41, 5.74) is 0.998. The van der Waals surface area contributed by atoms with Gasteiger partial charge in [0.25, 0.3) is 5.91 Å². The average molecular weight is 275 g/mol. The zero-order chi connectivity index (χ0) is 15.1. The molecule has 2 N–H and O–H groups in total. The van der Waals surface area contributed by atoms with Gasteiger partial charge in [0.05, 0.1) is 12.7 Å². The van der Waals surface area contributed by atoms with Crippen molar-refractivity contribution in [2.75, 3.05) is 6.61 Å². The molecule has 1 rings (SSSR count). The first kappa shape index (κ1) is 15.7. The lowest BCUT2D eigenvalue weighted by molar-refractivity contribution is -0.148. The molecule has 0 aliphatic rings. The Balaban J connectivity index is 2.80. The molecule has 0 aromatic heterocycles. The topological polar surface area (TPSA) is 75.6 Å². The summed E-state index contributed by atoms with van der Waals surface area (Å²) in [5.74, 6) is 1.29. The van der Waals surface area contributed by atoms with Gasteiger partial charge in [-0.1, -0.05) is 5.92 Å². The molecule has 2 atom stereocenters. The number of carbonyl (C=O) groups excluding carboxylic acids is 2. The molecule has 106 valence electrons. The van der Waals surface area contributed by atoms with Crippen molar-refractivity contribution < 1.29 is 19.4 Å². The van der Waals surface area contributed by atoms with Gasteiger partial charge in [-0.3, -0.25) is 4.79 Å². The van der Waals surface area contributed by atoms with Crippen LogP contribution in [0.2, 0.25) is 0 Å². The van der Waals surface area contributed by atoms with Crippen molar-refractivity contribution in [1.82, 2.24) is 5.32 Å². The van der Waals surface area contributed by atoms with Gasteiger partial charge in [0.2, 0.25) is 0 Å². The third-order valence-corrected chi connectivity index (χ3v) is 2.62. The normalized spacial score (nSPS) is 12.9. The van der Waals surface area contributed by atoms with Gasteiger partial charge in [-0.25, -0.2) is 4.79 Å². The van der Waals surface area contributed by atoms with E-state index < -0.39 is 24.0 Å². The van der Waals surface area contributed by atoms with Crippen molar-refractivity contribution in [2.45, 2.75) is 26.0 Å². The number of benzene rings is 1. The molecule has 0 radical (unpaired) electrons. The Kier molecular flexibility index (Phi) is 5.75.